The second-order valence-electron chi connectivity index (χ2n) is 4.84. The van der Waals surface area contributed by atoms with Crippen LogP contribution in [0.25, 0.3) is 0 Å². The molecule has 0 aliphatic rings. The topological polar surface area (TPSA) is 12.0 Å². The van der Waals surface area contributed by atoms with Gasteiger partial charge in [-0.15, -0.1) is 0 Å². The van der Waals surface area contributed by atoms with E-state index in [0.717, 1.165) is 0 Å². The number of nitrogens with one attached hydrogen (secondary N) is 1. The fraction of sp³-hybridized carbons (Fsp3) is 0.571. The van der Waals surface area contributed by atoms with Crippen molar-refractivity contribution in [2.24, 2.45) is 5.92 Å². The van der Waals surface area contributed by atoms with E-state index in [1.54, 1.807) is 0 Å². The maximum absolute atomic E-state index is 3.62. The lowest BCUT2D eigenvalue weighted by Crippen LogP contribution is -2.32. The summed E-state index contributed by atoms with van der Waals surface area (Å²) < 4.78 is 0. The summed E-state index contributed by atoms with van der Waals surface area (Å²) in [5, 5.41) is 3.62. The number of benzene rings is 1. The Kier molecular flexibility index (Phi) is 4.34. The zero-order chi connectivity index (χ0) is 11.4. The van der Waals surface area contributed by atoms with Gasteiger partial charge in [-0.25, -0.2) is 0 Å². The Balaban J connectivity index is 2.64. The Morgan fingerprint density at radius 3 is 2.27 bits per heavy atom. The first-order valence-electron chi connectivity index (χ1n) is 5.83. The van der Waals surface area contributed by atoms with Crippen LogP contribution >= 0.6 is 0 Å². The van der Waals surface area contributed by atoms with Gasteiger partial charge in [0.25, 0.3) is 0 Å². The number of aryl methyl sites for hydroxylation is 1. The molecule has 0 radical (unpaired) electrons. The van der Waals surface area contributed by atoms with Crippen molar-refractivity contribution in [3.63, 3.8) is 0 Å². The van der Waals surface area contributed by atoms with Crippen LogP contribution in [-0.4, -0.2) is 6.04 Å². The van der Waals surface area contributed by atoms with Crippen LogP contribution in [0.4, 0.5) is 0 Å². The lowest BCUT2D eigenvalue weighted by atomic mass is 10.0. The second-order valence-corrected chi connectivity index (χ2v) is 4.84. The van der Waals surface area contributed by atoms with E-state index in [0.29, 0.717) is 18.0 Å². The Labute approximate surface area is 93.9 Å². The molecule has 0 amide bonds. The molecule has 0 fully saturated rings. The summed E-state index contributed by atoms with van der Waals surface area (Å²) in [6.45, 7) is 11.1. The van der Waals surface area contributed by atoms with Crippen molar-refractivity contribution >= 4 is 0 Å². The van der Waals surface area contributed by atoms with Crippen LogP contribution in [-0.2, 0) is 0 Å². The molecule has 0 heterocycles. The molecule has 1 nitrogen and oxygen atoms in total. The molecule has 1 unspecified atom stereocenters. The van der Waals surface area contributed by atoms with Gasteiger partial charge in [-0.1, -0.05) is 43.7 Å². The first-order valence-corrected chi connectivity index (χ1v) is 5.83. The van der Waals surface area contributed by atoms with E-state index < -0.39 is 0 Å². The van der Waals surface area contributed by atoms with Crippen molar-refractivity contribution in [2.75, 3.05) is 0 Å². The predicted molar refractivity (Wildman–Crippen MR) is 67.0 cm³/mol. The summed E-state index contributed by atoms with van der Waals surface area (Å²) in [6, 6.07) is 9.70. The molecule has 1 heteroatoms. The quantitative estimate of drug-likeness (QED) is 0.790. The molecule has 0 aliphatic heterocycles. The van der Waals surface area contributed by atoms with E-state index in [1.807, 2.05) is 0 Å². The minimum absolute atomic E-state index is 0.433. The van der Waals surface area contributed by atoms with E-state index in [4.69, 9.17) is 0 Å². The number of rotatable bonds is 4. The molecule has 2 atom stereocenters. The fourth-order valence-corrected chi connectivity index (χ4v) is 1.62. The van der Waals surface area contributed by atoms with Crippen molar-refractivity contribution in [3.05, 3.63) is 35.4 Å². The Bertz CT molecular complexity index is 304. The molecule has 0 bridgehead atoms. The zero-order valence-corrected chi connectivity index (χ0v) is 10.5. The Morgan fingerprint density at radius 2 is 1.73 bits per heavy atom. The van der Waals surface area contributed by atoms with Crippen LogP contribution in [0.2, 0.25) is 0 Å². The summed E-state index contributed by atoms with van der Waals surface area (Å²) in [7, 11) is 0. The van der Waals surface area contributed by atoms with E-state index >= 15 is 0 Å². The van der Waals surface area contributed by atoms with Crippen LogP contribution in [0.1, 0.15) is 44.9 Å². The van der Waals surface area contributed by atoms with Gasteiger partial charge in [0.2, 0.25) is 0 Å². The van der Waals surface area contributed by atoms with Gasteiger partial charge in [0.1, 0.15) is 0 Å². The first-order chi connectivity index (χ1) is 7.00. The molecule has 0 spiro atoms. The standard InChI is InChI=1S/C14H23N/c1-10(2)12(4)15-13(5)14-8-6-7-11(3)9-14/h6-10,12-13,15H,1-5H3/t12?,13-/m0/s1. The third-order valence-corrected chi connectivity index (χ3v) is 3.06. The highest BCUT2D eigenvalue weighted by Gasteiger charge is 2.11. The molecule has 0 aromatic heterocycles. The highest BCUT2D eigenvalue weighted by molar-refractivity contribution is 5.24. The van der Waals surface area contributed by atoms with Crippen molar-refractivity contribution in [2.45, 2.75) is 46.7 Å². The molecule has 0 saturated heterocycles. The summed E-state index contributed by atoms with van der Waals surface area (Å²) in [6.07, 6.45) is 0. The monoisotopic (exact) mass is 205 g/mol. The van der Waals surface area contributed by atoms with Gasteiger partial charge in [0, 0.05) is 12.1 Å². The van der Waals surface area contributed by atoms with Crippen LogP contribution < -0.4 is 5.32 Å². The number of hydrogen-bond acceptors (Lipinski definition) is 1. The van der Waals surface area contributed by atoms with E-state index in [9.17, 15) is 0 Å². The fourth-order valence-electron chi connectivity index (χ4n) is 1.62. The summed E-state index contributed by atoms with van der Waals surface area (Å²) in [4.78, 5) is 0. The average Bonchev–Trinajstić information content (AvgIpc) is 2.17. The van der Waals surface area contributed by atoms with Gasteiger partial charge in [0.15, 0.2) is 0 Å². The average molecular weight is 205 g/mol. The highest BCUT2D eigenvalue weighted by atomic mass is 14.9. The lowest BCUT2D eigenvalue weighted by Gasteiger charge is -2.23. The number of hydrogen-bond donors (Lipinski definition) is 1. The summed E-state index contributed by atoms with van der Waals surface area (Å²) in [5.41, 5.74) is 2.71. The third kappa shape index (κ3) is 3.67. The molecule has 0 aliphatic carbocycles. The minimum Gasteiger partial charge on any atom is -0.307 e. The summed E-state index contributed by atoms with van der Waals surface area (Å²) >= 11 is 0. The maximum Gasteiger partial charge on any atom is 0.0294 e. The van der Waals surface area contributed by atoms with Crippen LogP contribution in [0.3, 0.4) is 0 Å². The van der Waals surface area contributed by atoms with E-state index in [1.165, 1.54) is 11.1 Å². The van der Waals surface area contributed by atoms with Gasteiger partial charge < -0.3 is 5.32 Å². The third-order valence-electron chi connectivity index (χ3n) is 3.06. The lowest BCUT2D eigenvalue weighted by molar-refractivity contribution is 0.389. The van der Waals surface area contributed by atoms with E-state index in [2.05, 4.69) is 64.2 Å². The Hall–Kier alpha value is -0.820. The first kappa shape index (κ1) is 12.3. The normalized spacial score (nSPS) is 15.3. The molecular weight excluding hydrogens is 182 g/mol. The Morgan fingerprint density at radius 1 is 1.07 bits per heavy atom. The molecule has 15 heavy (non-hydrogen) atoms. The molecule has 1 N–H and O–H groups in total. The van der Waals surface area contributed by atoms with Gasteiger partial charge in [-0.05, 0) is 32.3 Å². The second kappa shape index (κ2) is 5.32. The largest absolute Gasteiger partial charge is 0.307 e. The zero-order valence-electron chi connectivity index (χ0n) is 10.5. The van der Waals surface area contributed by atoms with Crippen LogP contribution in [0, 0.1) is 12.8 Å². The van der Waals surface area contributed by atoms with Gasteiger partial charge in [-0.3, -0.25) is 0 Å². The molecule has 84 valence electrons. The van der Waals surface area contributed by atoms with Crippen molar-refractivity contribution in [3.8, 4) is 0 Å². The minimum atomic E-state index is 0.433. The molecular formula is C14H23N. The molecule has 0 saturated carbocycles. The van der Waals surface area contributed by atoms with Crippen LogP contribution in [0.5, 0.6) is 0 Å². The predicted octanol–water partition coefficient (Wildman–Crippen LogP) is 3.69. The van der Waals surface area contributed by atoms with Gasteiger partial charge in [0.05, 0.1) is 0 Å². The summed E-state index contributed by atoms with van der Waals surface area (Å²) in [5.74, 6) is 0.678. The molecule has 1 aromatic rings. The maximum atomic E-state index is 3.62. The van der Waals surface area contributed by atoms with E-state index in [-0.39, 0.29) is 0 Å². The smallest absolute Gasteiger partial charge is 0.0294 e. The highest BCUT2D eigenvalue weighted by Crippen LogP contribution is 2.15. The SMILES string of the molecule is Cc1cccc([C@H](C)NC(C)C(C)C)c1. The van der Waals surface area contributed by atoms with Crippen LogP contribution in [0.15, 0.2) is 24.3 Å². The molecule has 1 rings (SSSR count). The molecule has 1 aromatic carbocycles. The van der Waals surface area contributed by atoms with Gasteiger partial charge in [-0.2, -0.15) is 0 Å². The van der Waals surface area contributed by atoms with Crippen molar-refractivity contribution < 1.29 is 0 Å². The van der Waals surface area contributed by atoms with Crippen molar-refractivity contribution in [1.82, 2.24) is 5.32 Å². The van der Waals surface area contributed by atoms with Crippen molar-refractivity contribution in [1.29, 1.82) is 0 Å². The van der Waals surface area contributed by atoms with Gasteiger partial charge >= 0.3 is 0 Å².